The minimum absolute atomic E-state index is 0.0350. The molecule has 0 bridgehead atoms. The summed E-state index contributed by atoms with van der Waals surface area (Å²) < 4.78 is 4.64. The maximum atomic E-state index is 11.4. The van der Waals surface area contributed by atoms with Gasteiger partial charge < -0.3 is 15.4 Å². The topological polar surface area (TPSA) is 88.5 Å². The summed E-state index contributed by atoms with van der Waals surface area (Å²) in [6.45, 7) is 8.94. The van der Waals surface area contributed by atoms with Crippen molar-refractivity contribution in [3.63, 3.8) is 0 Å². The van der Waals surface area contributed by atoms with Gasteiger partial charge >= 0.3 is 6.09 Å². The second-order valence-corrected chi connectivity index (χ2v) is 9.52. The van der Waals surface area contributed by atoms with Crippen molar-refractivity contribution >= 4 is 35.1 Å². The Hall–Kier alpha value is -3.48. The van der Waals surface area contributed by atoms with Gasteiger partial charge in [0.2, 0.25) is 5.95 Å². The zero-order chi connectivity index (χ0) is 23.6. The van der Waals surface area contributed by atoms with E-state index in [2.05, 4.69) is 71.5 Å². The van der Waals surface area contributed by atoms with E-state index >= 15 is 0 Å². The Kier molecular flexibility index (Phi) is 6.31. The van der Waals surface area contributed by atoms with Gasteiger partial charge in [-0.05, 0) is 47.7 Å². The minimum atomic E-state index is -0.465. The normalized spacial score (nSPS) is 15.8. The van der Waals surface area contributed by atoms with E-state index in [-0.39, 0.29) is 11.5 Å². The second kappa shape index (κ2) is 9.17. The van der Waals surface area contributed by atoms with Gasteiger partial charge in [-0.2, -0.15) is 0 Å². The Morgan fingerprint density at radius 1 is 1.24 bits per heavy atom. The number of methoxy groups -OCH3 is 1. The van der Waals surface area contributed by atoms with Crippen molar-refractivity contribution in [1.29, 1.82) is 0 Å². The van der Waals surface area contributed by atoms with Crippen molar-refractivity contribution in [1.82, 2.24) is 15.3 Å². The zero-order valence-electron chi connectivity index (χ0n) is 19.9. The van der Waals surface area contributed by atoms with Crippen LogP contribution in [0.2, 0.25) is 0 Å². The Morgan fingerprint density at radius 2 is 2.06 bits per heavy atom. The van der Waals surface area contributed by atoms with Crippen LogP contribution in [0.15, 0.2) is 41.5 Å². The lowest BCUT2D eigenvalue weighted by molar-refractivity contribution is 0.168. The number of nitrogens with zero attached hydrogens (tertiary/aromatic N) is 3. The number of carbonyl (C=O) groups excluding carboxylic acids is 1. The number of alkyl carbamates (subject to hydrolysis) is 1. The van der Waals surface area contributed by atoms with Gasteiger partial charge in [-0.25, -0.2) is 14.8 Å². The number of hydrogen-bond acceptors (Lipinski definition) is 6. The number of fused-ring (bicyclic) bond motifs is 1. The number of allylic oxidation sites excluding steroid dienone is 2. The van der Waals surface area contributed by atoms with Crippen molar-refractivity contribution < 1.29 is 9.53 Å². The number of hydrogen-bond donors (Lipinski definition) is 2. The van der Waals surface area contributed by atoms with Gasteiger partial charge in [-0.1, -0.05) is 45.1 Å². The fraction of sp³-hybridized carbons (Fsp3) is 0.385. The van der Waals surface area contributed by atoms with E-state index in [0.29, 0.717) is 12.5 Å². The third-order valence-corrected chi connectivity index (χ3v) is 5.89. The Balaban J connectivity index is 1.64. The van der Waals surface area contributed by atoms with Crippen LogP contribution in [0.3, 0.4) is 0 Å². The highest BCUT2D eigenvalue weighted by Crippen LogP contribution is 2.40. The van der Waals surface area contributed by atoms with Gasteiger partial charge in [-0.3, -0.25) is 4.99 Å². The molecule has 2 N–H and O–H groups in total. The number of nitrogens with one attached hydrogen (secondary N) is 2. The van der Waals surface area contributed by atoms with Crippen LogP contribution in [-0.2, 0) is 11.2 Å². The molecule has 0 radical (unpaired) electrons. The average molecular weight is 446 g/mol. The summed E-state index contributed by atoms with van der Waals surface area (Å²) in [5.41, 5.74) is 7.80. The largest absolute Gasteiger partial charge is 0.453 e. The van der Waals surface area contributed by atoms with Crippen molar-refractivity contribution in [2.75, 3.05) is 19.0 Å². The summed E-state index contributed by atoms with van der Waals surface area (Å²) in [5.74, 6) is 0.495. The molecule has 2 aromatic rings. The number of aromatic nitrogens is 2. The molecular formula is C26H31N5O2. The van der Waals surface area contributed by atoms with E-state index in [0.717, 1.165) is 29.9 Å². The third-order valence-electron chi connectivity index (χ3n) is 5.89. The minimum Gasteiger partial charge on any atom is -0.453 e. The van der Waals surface area contributed by atoms with Gasteiger partial charge in [-0.15, -0.1) is 0 Å². The van der Waals surface area contributed by atoms with Gasteiger partial charge in [0.15, 0.2) is 0 Å². The average Bonchev–Trinajstić information content (AvgIpc) is 3.44. The summed E-state index contributed by atoms with van der Waals surface area (Å²) in [6.07, 6.45) is 7.46. The number of anilines is 1. The summed E-state index contributed by atoms with van der Waals surface area (Å²) in [5, 5.41) is 5.92. The highest BCUT2D eigenvalue weighted by Gasteiger charge is 2.29. The molecule has 7 nitrogen and oxygen atoms in total. The molecule has 1 aromatic heterocycles. The van der Waals surface area contributed by atoms with Gasteiger partial charge in [0.1, 0.15) is 0 Å². The quantitative estimate of drug-likeness (QED) is 0.656. The third kappa shape index (κ3) is 5.13. The highest BCUT2D eigenvalue weighted by molar-refractivity contribution is 6.11. The van der Waals surface area contributed by atoms with Gasteiger partial charge in [0.05, 0.1) is 18.5 Å². The summed E-state index contributed by atoms with van der Waals surface area (Å²) in [7, 11) is 1.35. The predicted molar refractivity (Wildman–Crippen MR) is 133 cm³/mol. The van der Waals surface area contributed by atoms with Crippen LogP contribution in [0.4, 0.5) is 10.7 Å². The maximum absolute atomic E-state index is 11.4. The molecule has 4 rings (SSSR count). The SMILES string of the molecule is COC(=O)N[C@@H](C)CNc1nccc(C2=C(c3ccc4c(c3)C=CC4)CC(C(C)(C)C)=N2)n1. The van der Waals surface area contributed by atoms with Gasteiger partial charge in [0, 0.05) is 36.3 Å². The summed E-state index contributed by atoms with van der Waals surface area (Å²) in [6, 6.07) is 8.43. The van der Waals surface area contributed by atoms with Crippen LogP contribution in [0.1, 0.15) is 56.5 Å². The smallest absolute Gasteiger partial charge is 0.407 e. The maximum Gasteiger partial charge on any atom is 0.407 e. The van der Waals surface area contributed by atoms with E-state index in [4.69, 9.17) is 9.98 Å². The molecular weight excluding hydrogens is 414 g/mol. The number of aliphatic imine (C=N–C) groups is 1. The first-order valence-electron chi connectivity index (χ1n) is 11.3. The van der Waals surface area contributed by atoms with Crippen LogP contribution in [0, 0.1) is 5.41 Å². The van der Waals surface area contributed by atoms with Crippen molar-refractivity contribution in [2.24, 2.45) is 10.4 Å². The lowest BCUT2D eigenvalue weighted by Gasteiger charge is -2.18. The Bertz CT molecular complexity index is 1160. The van der Waals surface area contributed by atoms with Gasteiger partial charge in [0.25, 0.3) is 0 Å². The Morgan fingerprint density at radius 3 is 2.82 bits per heavy atom. The highest BCUT2D eigenvalue weighted by atomic mass is 16.5. The van der Waals surface area contributed by atoms with Crippen LogP contribution >= 0.6 is 0 Å². The molecule has 1 aromatic carbocycles. The second-order valence-electron chi connectivity index (χ2n) is 9.52. The molecule has 172 valence electrons. The molecule has 1 amide bonds. The van der Waals surface area contributed by atoms with Crippen molar-refractivity contribution in [3.8, 4) is 0 Å². The van der Waals surface area contributed by atoms with Crippen LogP contribution in [0.25, 0.3) is 17.3 Å². The molecule has 2 heterocycles. The molecule has 0 fully saturated rings. The fourth-order valence-corrected chi connectivity index (χ4v) is 3.94. The van der Waals surface area contributed by atoms with Crippen LogP contribution < -0.4 is 10.6 Å². The molecule has 0 saturated heterocycles. The van der Waals surface area contributed by atoms with E-state index in [1.165, 1.54) is 29.4 Å². The summed E-state index contributed by atoms with van der Waals surface area (Å²) in [4.78, 5) is 25.5. The van der Waals surface area contributed by atoms with E-state index in [1.54, 1.807) is 6.20 Å². The first kappa shape index (κ1) is 22.7. The first-order chi connectivity index (χ1) is 15.7. The van der Waals surface area contributed by atoms with Crippen LogP contribution in [0.5, 0.6) is 0 Å². The lowest BCUT2D eigenvalue weighted by Crippen LogP contribution is -2.37. The molecule has 0 unspecified atom stereocenters. The number of ether oxygens (including phenoxy) is 1. The number of benzene rings is 1. The standard InChI is InChI=1S/C26H31N5O2/c1-16(29-25(32)33-5)15-28-24-27-12-11-21(30-24)23-20(14-22(31-23)26(2,3)4)19-10-9-17-7-6-8-18(17)13-19/h6,8-13,16H,7,14-15H2,1-5H3,(H,29,32)(H,27,28,30)/t16-/m0/s1. The number of rotatable bonds is 6. The van der Waals surface area contributed by atoms with E-state index < -0.39 is 6.09 Å². The summed E-state index contributed by atoms with van der Waals surface area (Å²) >= 11 is 0. The van der Waals surface area contributed by atoms with Crippen molar-refractivity contribution in [2.45, 2.75) is 46.6 Å². The molecule has 33 heavy (non-hydrogen) atoms. The molecule has 1 aliphatic heterocycles. The Labute approximate surface area is 195 Å². The van der Waals surface area contributed by atoms with Crippen molar-refractivity contribution in [3.05, 3.63) is 58.9 Å². The van der Waals surface area contributed by atoms with E-state index in [9.17, 15) is 4.79 Å². The number of amides is 1. The predicted octanol–water partition coefficient (Wildman–Crippen LogP) is 4.96. The van der Waals surface area contributed by atoms with Crippen LogP contribution in [-0.4, -0.2) is 41.5 Å². The lowest BCUT2D eigenvalue weighted by atomic mass is 9.85. The molecule has 1 atom stereocenters. The fourth-order valence-electron chi connectivity index (χ4n) is 3.94. The molecule has 1 aliphatic carbocycles. The molecule has 0 saturated carbocycles. The monoisotopic (exact) mass is 445 g/mol. The first-order valence-corrected chi connectivity index (χ1v) is 11.3. The molecule has 7 heteroatoms. The van der Waals surface area contributed by atoms with E-state index in [1.807, 2.05) is 13.0 Å². The zero-order valence-corrected chi connectivity index (χ0v) is 19.9. The molecule has 2 aliphatic rings. The number of carbonyl (C=O) groups is 1. The molecule has 0 spiro atoms.